The van der Waals surface area contributed by atoms with Gasteiger partial charge in [-0.3, -0.25) is 0 Å². The second-order valence-corrected chi connectivity index (χ2v) is 11.1. The van der Waals surface area contributed by atoms with E-state index in [2.05, 4.69) is 30.5 Å². The van der Waals surface area contributed by atoms with Gasteiger partial charge in [0.25, 0.3) is 0 Å². The van der Waals surface area contributed by atoms with E-state index in [1.54, 1.807) is 17.2 Å². The van der Waals surface area contributed by atoms with Crippen molar-refractivity contribution in [3.8, 4) is 11.3 Å². The lowest BCUT2D eigenvalue weighted by molar-refractivity contribution is 0.553. The summed E-state index contributed by atoms with van der Waals surface area (Å²) in [5, 5.41) is 6.26. The van der Waals surface area contributed by atoms with Gasteiger partial charge < -0.3 is 20.4 Å². The molecule has 0 saturated carbocycles. The van der Waals surface area contributed by atoms with E-state index in [0.717, 1.165) is 44.1 Å². The van der Waals surface area contributed by atoms with Crippen molar-refractivity contribution < 1.29 is 17.2 Å². The SMILES string of the molecule is CC(C)N1CCS(=O)(=O)c2c(F)cc(-c3nc(Nc4ccc(N5CCNCC5)cn4)ncc3F)cc21. The van der Waals surface area contributed by atoms with E-state index in [1.807, 2.05) is 19.9 Å². The maximum atomic E-state index is 15.1. The Kier molecular flexibility index (Phi) is 6.47. The molecule has 1 fully saturated rings. The van der Waals surface area contributed by atoms with Gasteiger partial charge in [-0.15, -0.1) is 0 Å². The smallest absolute Gasteiger partial charge is 0.229 e. The van der Waals surface area contributed by atoms with Gasteiger partial charge in [0, 0.05) is 44.3 Å². The highest BCUT2D eigenvalue weighted by Crippen LogP contribution is 2.38. The molecule has 0 radical (unpaired) electrons. The monoisotopic (exact) mass is 515 g/mol. The number of piperazine rings is 1. The molecule has 1 saturated heterocycles. The summed E-state index contributed by atoms with van der Waals surface area (Å²) in [6.07, 6.45) is 2.74. The predicted octanol–water partition coefficient (Wildman–Crippen LogP) is 2.97. The Bertz CT molecular complexity index is 1380. The Morgan fingerprint density at radius 3 is 2.50 bits per heavy atom. The van der Waals surface area contributed by atoms with E-state index in [9.17, 15) is 12.8 Å². The normalized spacial score (nSPS) is 17.2. The number of benzene rings is 1. The highest BCUT2D eigenvalue weighted by molar-refractivity contribution is 7.91. The van der Waals surface area contributed by atoms with Crippen LogP contribution < -0.4 is 20.4 Å². The van der Waals surface area contributed by atoms with Crippen molar-refractivity contribution >= 4 is 33.0 Å². The molecule has 2 aromatic heterocycles. The molecular weight excluding hydrogens is 488 g/mol. The lowest BCUT2D eigenvalue weighted by Gasteiger charge is -2.34. The topological polar surface area (TPSA) is 103 Å². The standard InChI is InChI=1S/C24H27F2N7O2S/c1-15(2)33-9-10-36(34,35)23-18(25)11-16(12-20(23)33)22-19(26)14-29-24(31-22)30-21-4-3-17(13-28-21)32-7-5-27-6-8-32/h3-4,11-15,27H,5-10H2,1-2H3,(H,28,29,30,31). The molecule has 0 amide bonds. The number of nitrogens with zero attached hydrogens (tertiary/aromatic N) is 5. The average Bonchev–Trinajstić information content (AvgIpc) is 2.85. The molecule has 2 aliphatic rings. The van der Waals surface area contributed by atoms with Gasteiger partial charge in [-0.2, -0.15) is 0 Å². The summed E-state index contributed by atoms with van der Waals surface area (Å²) in [7, 11) is -3.78. The van der Waals surface area contributed by atoms with Crippen molar-refractivity contribution in [1.29, 1.82) is 0 Å². The molecule has 9 nitrogen and oxygen atoms in total. The number of fused-ring (bicyclic) bond motifs is 1. The molecule has 4 heterocycles. The van der Waals surface area contributed by atoms with E-state index >= 15 is 4.39 Å². The van der Waals surface area contributed by atoms with E-state index in [0.29, 0.717) is 5.82 Å². The van der Waals surface area contributed by atoms with Crippen LogP contribution in [0.3, 0.4) is 0 Å². The largest absolute Gasteiger partial charge is 0.368 e. The summed E-state index contributed by atoms with van der Waals surface area (Å²) >= 11 is 0. The Morgan fingerprint density at radius 2 is 1.81 bits per heavy atom. The Labute approximate surface area is 208 Å². The van der Waals surface area contributed by atoms with E-state index in [1.165, 1.54) is 6.07 Å². The number of hydrogen-bond acceptors (Lipinski definition) is 9. The summed E-state index contributed by atoms with van der Waals surface area (Å²) in [5.41, 5.74) is 1.19. The summed E-state index contributed by atoms with van der Waals surface area (Å²) < 4.78 is 55.0. The number of sulfone groups is 1. The lowest BCUT2D eigenvalue weighted by Crippen LogP contribution is -2.43. The van der Waals surface area contributed by atoms with Crippen LogP contribution in [0.5, 0.6) is 0 Å². The number of pyridine rings is 1. The Morgan fingerprint density at radius 1 is 1.03 bits per heavy atom. The zero-order valence-corrected chi connectivity index (χ0v) is 20.8. The van der Waals surface area contributed by atoms with Gasteiger partial charge in [-0.05, 0) is 38.1 Å². The van der Waals surface area contributed by atoms with Crippen LogP contribution in [-0.2, 0) is 9.84 Å². The third-order valence-electron chi connectivity index (χ3n) is 6.36. The zero-order chi connectivity index (χ0) is 25.4. The van der Waals surface area contributed by atoms with Crippen molar-refractivity contribution in [2.75, 3.05) is 53.6 Å². The van der Waals surface area contributed by atoms with E-state index < -0.39 is 21.5 Å². The number of anilines is 4. The lowest BCUT2D eigenvalue weighted by atomic mass is 10.1. The van der Waals surface area contributed by atoms with Crippen LogP contribution in [0.15, 0.2) is 41.6 Å². The van der Waals surface area contributed by atoms with E-state index in [4.69, 9.17) is 0 Å². The summed E-state index contributed by atoms with van der Waals surface area (Å²) in [6.45, 7) is 7.62. The molecule has 3 aromatic rings. The van der Waals surface area contributed by atoms with Gasteiger partial charge in [0.15, 0.2) is 15.7 Å². The molecule has 0 spiro atoms. The van der Waals surface area contributed by atoms with Crippen LogP contribution in [-0.4, -0.2) is 67.9 Å². The second kappa shape index (κ2) is 9.58. The molecule has 1 aromatic carbocycles. The van der Waals surface area contributed by atoms with Crippen LogP contribution in [0, 0.1) is 11.6 Å². The predicted molar refractivity (Wildman–Crippen MR) is 135 cm³/mol. The second-order valence-electron chi connectivity index (χ2n) is 9.07. The summed E-state index contributed by atoms with van der Waals surface area (Å²) in [6, 6.07) is 6.14. The number of rotatable bonds is 5. The Balaban J connectivity index is 1.46. The molecule has 0 aliphatic carbocycles. The first-order valence-electron chi connectivity index (χ1n) is 11.8. The van der Waals surface area contributed by atoms with Crippen LogP contribution >= 0.6 is 0 Å². The van der Waals surface area contributed by atoms with Crippen molar-refractivity contribution in [2.24, 2.45) is 0 Å². The van der Waals surface area contributed by atoms with Crippen LogP contribution in [0.2, 0.25) is 0 Å². The molecule has 2 aliphatic heterocycles. The molecule has 12 heteroatoms. The maximum Gasteiger partial charge on any atom is 0.229 e. The molecule has 36 heavy (non-hydrogen) atoms. The van der Waals surface area contributed by atoms with Crippen molar-refractivity contribution in [3.63, 3.8) is 0 Å². The van der Waals surface area contributed by atoms with Crippen molar-refractivity contribution in [1.82, 2.24) is 20.3 Å². The van der Waals surface area contributed by atoms with Gasteiger partial charge in [0.1, 0.15) is 22.2 Å². The first-order chi connectivity index (χ1) is 17.2. The maximum absolute atomic E-state index is 15.1. The van der Waals surface area contributed by atoms with Crippen LogP contribution in [0.25, 0.3) is 11.3 Å². The van der Waals surface area contributed by atoms with Gasteiger partial charge >= 0.3 is 0 Å². The molecule has 190 valence electrons. The molecular formula is C24H27F2N7O2S. The number of halogens is 2. The summed E-state index contributed by atoms with van der Waals surface area (Å²) in [5.74, 6) is -1.30. The minimum atomic E-state index is -3.78. The Hall–Kier alpha value is -3.38. The quantitative estimate of drug-likeness (QED) is 0.531. The third kappa shape index (κ3) is 4.70. The number of nitrogens with one attached hydrogen (secondary N) is 2. The van der Waals surface area contributed by atoms with Gasteiger partial charge in [-0.1, -0.05) is 0 Å². The molecule has 2 N–H and O–H groups in total. The number of aromatic nitrogens is 3. The first-order valence-corrected chi connectivity index (χ1v) is 13.4. The van der Waals surface area contributed by atoms with Crippen molar-refractivity contribution in [2.45, 2.75) is 24.8 Å². The van der Waals surface area contributed by atoms with Crippen molar-refractivity contribution in [3.05, 3.63) is 48.3 Å². The van der Waals surface area contributed by atoms with Gasteiger partial charge in [-0.25, -0.2) is 32.2 Å². The fourth-order valence-corrected chi connectivity index (χ4v) is 6.02. The fraction of sp³-hybridized carbons (Fsp3) is 0.375. The summed E-state index contributed by atoms with van der Waals surface area (Å²) in [4.78, 5) is 16.3. The zero-order valence-electron chi connectivity index (χ0n) is 20.0. The molecule has 0 atom stereocenters. The highest BCUT2D eigenvalue weighted by atomic mass is 32.2. The minimum Gasteiger partial charge on any atom is -0.368 e. The average molecular weight is 516 g/mol. The third-order valence-corrected chi connectivity index (χ3v) is 8.10. The molecule has 0 bridgehead atoms. The van der Waals surface area contributed by atoms with Crippen LogP contribution in [0.4, 0.5) is 31.9 Å². The first kappa shape index (κ1) is 24.3. The highest BCUT2D eigenvalue weighted by Gasteiger charge is 2.33. The fourth-order valence-electron chi connectivity index (χ4n) is 4.53. The van der Waals surface area contributed by atoms with Gasteiger partial charge in [0.2, 0.25) is 5.95 Å². The minimum absolute atomic E-state index is 0.0726. The molecule has 5 rings (SSSR count). The van der Waals surface area contributed by atoms with E-state index in [-0.39, 0.29) is 46.1 Å². The number of hydrogen-bond donors (Lipinski definition) is 2. The van der Waals surface area contributed by atoms with Crippen LogP contribution in [0.1, 0.15) is 13.8 Å². The van der Waals surface area contributed by atoms with Gasteiger partial charge in [0.05, 0.1) is 29.5 Å². The molecule has 0 unspecified atom stereocenters.